The molecule has 352 valence electrons. The quantitative estimate of drug-likeness (QED) is 0.0994. The maximum Gasteiger partial charge on any atom is 0.418 e. The van der Waals surface area contributed by atoms with Crippen molar-refractivity contribution in [3.63, 3.8) is 0 Å². The highest BCUT2D eigenvalue weighted by atomic mass is 35.5. The van der Waals surface area contributed by atoms with E-state index in [4.69, 9.17) is 35.5 Å². The predicted octanol–water partition coefficient (Wildman–Crippen LogP) is 10.3. The maximum absolute atomic E-state index is 17.8. The summed E-state index contributed by atoms with van der Waals surface area (Å²) in [6.07, 6.45) is -2.08. The number of carbonyl (C=O) groups is 1. The highest BCUT2D eigenvalue weighted by molar-refractivity contribution is 6.34. The Morgan fingerprint density at radius 1 is 0.879 bits per heavy atom. The van der Waals surface area contributed by atoms with Gasteiger partial charge < -0.3 is 33.6 Å². The molecule has 1 amide bonds. The normalized spacial score (nSPS) is 17.9. The van der Waals surface area contributed by atoms with Gasteiger partial charge in [0, 0.05) is 43.5 Å². The molecule has 3 fully saturated rings. The molecular weight excluding hydrogens is 878 g/mol. The predicted molar refractivity (Wildman–Crippen MR) is 246 cm³/mol. The van der Waals surface area contributed by atoms with Gasteiger partial charge in [0.1, 0.15) is 34.3 Å². The fourth-order valence-corrected chi connectivity index (χ4v) is 9.54. The van der Waals surface area contributed by atoms with Crippen LogP contribution in [0.5, 0.6) is 17.5 Å². The van der Waals surface area contributed by atoms with Crippen molar-refractivity contribution in [2.24, 2.45) is 5.41 Å². The van der Waals surface area contributed by atoms with E-state index in [-0.39, 0.29) is 70.5 Å². The number of amides is 1. The molecule has 1 aliphatic carbocycles. The lowest BCUT2D eigenvalue weighted by Crippen LogP contribution is -2.57. The first-order chi connectivity index (χ1) is 31.2. The van der Waals surface area contributed by atoms with Crippen LogP contribution in [-0.4, -0.2) is 103 Å². The number of carbonyl (C=O) groups excluding carboxylic acids is 1. The van der Waals surface area contributed by atoms with Gasteiger partial charge in [0.15, 0.2) is 5.82 Å². The van der Waals surface area contributed by atoms with Crippen LogP contribution in [0.25, 0.3) is 22.2 Å². The van der Waals surface area contributed by atoms with Gasteiger partial charge in [-0.1, -0.05) is 35.9 Å². The number of ether oxygens (including phenoxy) is 4. The minimum atomic E-state index is -4.95. The molecule has 12 nitrogen and oxygen atoms in total. The average molecular weight is 934 g/mol. The summed E-state index contributed by atoms with van der Waals surface area (Å²) >= 11 is 7.03. The van der Waals surface area contributed by atoms with Crippen molar-refractivity contribution in [1.29, 1.82) is 0 Å². The monoisotopic (exact) mass is 933 g/mol. The molecule has 66 heavy (non-hydrogen) atoms. The Kier molecular flexibility index (Phi) is 13.0. The van der Waals surface area contributed by atoms with Crippen molar-refractivity contribution in [2.45, 2.75) is 90.3 Å². The number of benzene rings is 3. The van der Waals surface area contributed by atoms with Crippen LogP contribution in [0.2, 0.25) is 5.02 Å². The molecule has 3 aromatic carbocycles. The van der Waals surface area contributed by atoms with E-state index < -0.39 is 40.5 Å². The fourth-order valence-electron chi connectivity index (χ4n) is 9.26. The topological polar surface area (TPSA) is 106 Å². The van der Waals surface area contributed by atoms with E-state index in [1.54, 1.807) is 43.4 Å². The van der Waals surface area contributed by atoms with Crippen molar-refractivity contribution in [3.05, 3.63) is 93.8 Å². The summed E-state index contributed by atoms with van der Waals surface area (Å²) < 4.78 is 86.6. The number of anilines is 2. The molecular formula is C49H56ClF4N7O5. The second-order valence-corrected chi connectivity index (χ2v) is 19.5. The summed E-state index contributed by atoms with van der Waals surface area (Å²) in [5.74, 6) is 0.661. The van der Waals surface area contributed by atoms with Gasteiger partial charge in [-0.25, -0.2) is 14.2 Å². The van der Waals surface area contributed by atoms with Crippen LogP contribution < -0.4 is 24.0 Å². The molecule has 8 rings (SSSR count). The first-order valence-electron chi connectivity index (χ1n) is 22.1. The summed E-state index contributed by atoms with van der Waals surface area (Å²) in [5, 5.41) is -0.113. The van der Waals surface area contributed by atoms with Gasteiger partial charge in [0.05, 0.1) is 54.8 Å². The molecule has 0 spiro atoms. The zero-order chi connectivity index (χ0) is 47.3. The number of aryl methyl sites for hydroxylation is 1. The lowest BCUT2D eigenvalue weighted by atomic mass is 9.98. The number of fused-ring (bicyclic) bond motifs is 3. The summed E-state index contributed by atoms with van der Waals surface area (Å²) in [4.78, 5) is 35.1. The van der Waals surface area contributed by atoms with Crippen LogP contribution in [0.4, 0.5) is 34.0 Å². The second kappa shape index (κ2) is 18.2. The van der Waals surface area contributed by atoms with Gasteiger partial charge >= 0.3 is 18.3 Å². The smallest absolute Gasteiger partial charge is 0.418 e. The average Bonchev–Trinajstić information content (AvgIpc) is 3.95. The molecule has 2 aliphatic heterocycles. The number of piperazine rings is 1. The van der Waals surface area contributed by atoms with E-state index in [1.807, 2.05) is 68.9 Å². The molecule has 2 unspecified atom stereocenters. The highest BCUT2D eigenvalue weighted by Gasteiger charge is 2.47. The molecule has 4 heterocycles. The van der Waals surface area contributed by atoms with Crippen molar-refractivity contribution in [1.82, 2.24) is 24.8 Å². The van der Waals surface area contributed by atoms with Gasteiger partial charge in [-0.3, -0.25) is 4.90 Å². The molecule has 17 heteroatoms. The summed E-state index contributed by atoms with van der Waals surface area (Å²) in [6.45, 7) is 8.96. The molecule has 2 atom stereocenters. The molecule has 0 N–H and O–H groups in total. The number of rotatable bonds is 14. The van der Waals surface area contributed by atoms with Crippen molar-refractivity contribution in [2.75, 3.05) is 64.4 Å². The van der Waals surface area contributed by atoms with Crippen LogP contribution in [0.3, 0.4) is 0 Å². The third kappa shape index (κ3) is 10.0. The van der Waals surface area contributed by atoms with E-state index in [2.05, 4.69) is 14.9 Å². The van der Waals surface area contributed by atoms with Gasteiger partial charge in [0.2, 0.25) is 0 Å². The highest BCUT2D eigenvalue weighted by Crippen LogP contribution is 2.48. The number of methoxy groups -OCH3 is 2. The summed E-state index contributed by atoms with van der Waals surface area (Å²) in [7, 11) is 7.09. The van der Waals surface area contributed by atoms with E-state index in [1.165, 1.54) is 19.1 Å². The Morgan fingerprint density at radius 3 is 1.95 bits per heavy atom. The number of halogens is 5. The number of nitrogens with zero attached hydrogens (tertiary/aromatic N) is 7. The number of hydrogen-bond acceptors (Lipinski definition) is 11. The largest absolute Gasteiger partial charge is 0.497 e. The van der Waals surface area contributed by atoms with Crippen molar-refractivity contribution < 1.29 is 41.3 Å². The van der Waals surface area contributed by atoms with Gasteiger partial charge in [0.25, 0.3) is 0 Å². The van der Waals surface area contributed by atoms with E-state index in [9.17, 15) is 4.79 Å². The Balaban J connectivity index is 1.25. The minimum absolute atomic E-state index is 0.115. The second-order valence-electron chi connectivity index (χ2n) is 19.0. The lowest BCUT2D eigenvalue weighted by molar-refractivity contribution is -0.137. The van der Waals surface area contributed by atoms with Crippen LogP contribution in [-0.2, 0) is 24.0 Å². The Labute approximate surface area is 387 Å². The lowest BCUT2D eigenvalue weighted by Gasteiger charge is -2.42. The molecule has 1 saturated carbocycles. The SMILES string of the molecule is COc1ccc(CN(Cc2ccc(OC)cc2)c2cc(C)c(C(F)(F)F)c(-c3c(Cl)cc4c(N5CC6CCC(C5)N6C(=O)OC(C)(C)C)nc(OCC5(CN(C)C)CC5)nc4c3F)n2)cc1. The molecule has 2 saturated heterocycles. The Bertz CT molecular complexity index is 2520. The molecule has 0 radical (unpaired) electrons. The Morgan fingerprint density at radius 2 is 1.45 bits per heavy atom. The number of pyridine rings is 1. The molecule has 5 aromatic rings. The molecule has 3 aliphatic rings. The standard InChI is InChI=1S/C49H56ClF4N7O5/c1-29-21-38(59(23-30-9-15-34(63-7)16-10-30)24-31-11-17-35(64-8)18-12-31)55-43(40(29)49(52,53)54)39-37(50)22-36-42(41(39)51)56-45(65-28-48(19-20-48)27-58(5)6)57-44(36)60-25-32-13-14-33(26-60)61(32)46(62)66-47(2,3)4/h9-12,15-18,21-22,32-33H,13-14,19-20,23-28H2,1-8H3. The zero-order valence-electron chi connectivity index (χ0n) is 38.6. The van der Waals surface area contributed by atoms with E-state index in [0.717, 1.165) is 30.5 Å². The van der Waals surface area contributed by atoms with E-state index >= 15 is 17.6 Å². The van der Waals surface area contributed by atoms with Gasteiger partial charge in [-0.15, -0.1) is 0 Å². The first-order valence-corrected chi connectivity index (χ1v) is 22.5. The first kappa shape index (κ1) is 46.9. The van der Waals surface area contributed by atoms with E-state index in [0.29, 0.717) is 43.2 Å². The van der Waals surface area contributed by atoms with Crippen LogP contribution in [0.1, 0.15) is 68.7 Å². The minimum Gasteiger partial charge on any atom is -0.497 e. The third-order valence-electron chi connectivity index (χ3n) is 12.5. The number of alkyl halides is 3. The molecule has 2 bridgehead atoms. The zero-order valence-corrected chi connectivity index (χ0v) is 39.3. The van der Waals surface area contributed by atoms with Gasteiger partial charge in [-0.2, -0.15) is 23.1 Å². The third-order valence-corrected chi connectivity index (χ3v) is 12.8. The van der Waals surface area contributed by atoms with Crippen molar-refractivity contribution in [3.8, 4) is 28.8 Å². The van der Waals surface area contributed by atoms with Crippen LogP contribution in [0.15, 0.2) is 60.7 Å². The van der Waals surface area contributed by atoms with Crippen LogP contribution >= 0.6 is 11.6 Å². The van der Waals surface area contributed by atoms with Crippen molar-refractivity contribution >= 4 is 40.2 Å². The fraction of sp³-hybridized carbons (Fsp3) is 0.469. The number of hydrogen-bond donors (Lipinski definition) is 0. The summed E-state index contributed by atoms with van der Waals surface area (Å²) in [6, 6.07) is 16.9. The number of aromatic nitrogens is 3. The summed E-state index contributed by atoms with van der Waals surface area (Å²) in [5.41, 5.74) is -1.96. The maximum atomic E-state index is 17.8. The van der Waals surface area contributed by atoms with Gasteiger partial charge in [-0.05, 0) is 121 Å². The Hall–Kier alpha value is -5.61. The molecule has 2 aromatic heterocycles. The van der Waals surface area contributed by atoms with Crippen LogP contribution in [0, 0.1) is 18.2 Å².